The highest BCUT2D eigenvalue weighted by atomic mass is 79.9. The number of benzene rings is 1. The van der Waals surface area contributed by atoms with Crippen LogP contribution < -0.4 is 4.74 Å². The lowest BCUT2D eigenvalue weighted by atomic mass is 10.00. The van der Waals surface area contributed by atoms with Crippen LogP contribution in [0.1, 0.15) is 12.5 Å². The van der Waals surface area contributed by atoms with Crippen molar-refractivity contribution in [3.05, 3.63) is 28.2 Å². The molecule has 0 saturated heterocycles. The highest BCUT2D eigenvalue weighted by Crippen LogP contribution is 2.37. The van der Waals surface area contributed by atoms with Gasteiger partial charge in [-0.15, -0.1) is 0 Å². The number of fused-ring (bicyclic) bond motifs is 1. The van der Waals surface area contributed by atoms with Crippen molar-refractivity contribution >= 4 is 21.9 Å². The van der Waals surface area contributed by atoms with E-state index in [1.807, 2.05) is 18.2 Å². The van der Waals surface area contributed by atoms with Crippen LogP contribution in [0.3, 0.4) is 0 Å². The molecule has 1 atom stereocenters. The number of rotatable bonds is 1. The van der Waals surface area contributed by atoms with Gasteiger partial charge in [-0.25, -0.2) is 4.79 Å². The predicted octanol–water partition coefficient (Wildman–Crippen LogP) is 2.32. The molecule has 1 heterocycles. The molecule has 3 nitrogen and oxygen atoms in total. The molecule has 2 rings (SSSR count). The first-order valence-corrected chi connectivity index (χ1v) is 5.40. The van der Waals surface area contributed by atoms with Gasteiger partial charge in [0.1, 0.15) is 5.75 Å². The lowest BCUT2D eigenvalue weighted by molar-refractivity contribution is -0.156. The lowest BCUT2D eigenvalue weighted by Gasteiger charge is -2.20. The lowest BCUT2D eigenvalue weighted by Crippen LogP contribution is -2.40. The third kappa shape index (κ3) is 1.74. The molecular weight excluding hydrogens is 260 g/mol. The van der Waals surface area contributed by atoms with Gasteiger partial charge in [0.05, 0.1) is 7.11 Å². The number of halogens is 1. The number of esters is 1. The molecule has 1 aromatic carbocycles. The van der Waals surface area contributed by atoms with Crippen molar-refractivity contribution in [1.82, 2.24) is 0 Å². The van der Waals surface area contributed by atoms with Crippen LogP contribution in [0, 0.1) is 0 Å². The summed E-state index contributed by atoms with van der Waals surface area (Å²) >= 11 is 3.38. The molecule has 1 aliphatic heterocycles. The number of carbonyl (C=O) groups is 1. The van der Waals surface area contributed by atoms with Crippen molar-refractivity contribution in [3.8, 4) is 5.75 Å². The normalized spacial score (nSPS) is 23.1. The summed E-state index contributed by atoms with van der Waals surface area (Å²) in [6.07, 6.45) is 0.550. The number of methoxy groups -OCH3 is 1. The van der Waals surface area contributed by atoms with E-state index in [0.717, 1.165) is 15.8 Å². The van der Waals surface area contributed by atoms with Crippen LogP contribution in [0.2, 0.25) is 0 Å². The minimum absolute atomic E-state index is 0.338. The minimum Gasteiger partial charge on any atom is -0.475 e. The zero-order valence-corrected chi connectivity index (χ0v) is 10.1. The van der Waals surface area contributed by atoms with Gasteiger partial charge in [0.15, 0.2) is 0 Å². The van der Waals surface area contributed by atoms with Crippen molar-refractivity contribution in [2.75, 3.05) is 7.11 Å². The summed E-state index contributed by atoms with van der Waals surface area (Å²) in [5.41, 5.74) is 0.148. The van der Waals surface area contributed by atoms with E-state index in [1.54, 1.807) is 6.92 Å². The summed E-state index contributed by atoms with van der Waals surface area (Å²) in [5.74, 6) is 0.418. The molecule has 0 bridgehead atoms. The second kappa shape index (κ2) is 3.52. The molecule has 0 saturated carbocycles. The largest absolute Gasteiger partial charge is 0.475 e. The van der Waals surface area contributed by atoms with Crippen LogP contribution in [0.4, 0.5) is 0 Å². The van der Waals surface area contributed by atoms with E-state index in [1.165, 1.54) is 7.11 Å². The third-order valence-electron chi connectivity index (χ3n) is 2.50. The summed E-state index contributed by atoms with van der Waals surface area (Å²) in [7, 11) is 1.37. The highest BCUT2D eigenvalue weighted by Gasteiger charge is 2.42. The maximum atomic E-state index is 11.5. The molecule has 0 aromatic heterocycles. The monoisotopic (exact) mass is 270 g/mol. The Bertz CT molecular complexity index is 416. The fourth-order valence-electron chi connectivity index (χ4n) is 1.76. The molecule has 1 aromatic rings. The molecule has 1 aliphatic rings. The maximum absolute atomic E-state index is 11.5. The SMILES string of the molecule is COC(=O)C1(C)Cc2cc(Br)ccc2O1. The Labute approximate surface area is 96.5 Å². The average Bonchev–Trinajstić information content (AvgIpc) is 2.53. The minimum atomic E-state index is -0.877. The summed E-state index contributed by atoms with van der Waals surface area (Å²) in [4.78, 5) is 11.5. The molecule has 0 amide bonds. The molecule has 0 aliphatic carbocycles. The topological polar surface area (TPSA) is 35.5 Å². The molecule has 0 radical (unpaired) electrons. The second-order valence-corrected chi connectivity index (χ2v) is 4.67. The van der Waals surface area contributed by atoms with Gasteiger partial charge < -0.3 is 9.47 Å². The summed E-state index contributed by atoms with van der Waals surface area (Å²) in [6, 6.07) is 5.71. The fourth-order valence-corrected chi connectivity index (χ4v) is 2.17. The number of hydrogen-bond donors (Lipinski definition) is 0. The Kier molecular flexibility index (Phi) is 2.46. The molecule has 4 heteroatoms. The van der Waals surface area contributed by atoms with E-state index < -0.39 is 5.60 Å². The van der Waals surface area contributed by atoms with E-state index in [2.05, 4.69) is 15.9 Å². The van der Waals surface area contributed by atoms with Crippen molar-refractivity contribution in [2.45, 2.75) is 18.9 Å². The average molecular weight is 271 g/mol. The van der Waals surface area contributed by atoms with Gasteiger partial charge in [-0.2, -0.15) is 0 Å². The van der Waals surface area contributed by atoms with Gasteiger partial charge in [-0.05, 0) is 30.7 Å². The van der Waals surface area contributed by atoms with Gasteiger partial charge in [-0.1, -0.05) is 15.9 Å². The van der Waals surface area contributed by atoms with Gasteiger partial charge in [0.25, 0.3) is 0 Å². The highest BCUT2D eigenvalue weighted by molar-refractivity contribution is 9.10. The standard InChI is InChI=1S/C11H11BrO3/c1-11(10(13)14-2)6-7-5-8(12)3-4-9(7)15-11/h3-5H,6H2,1-2H3. The Morgan fingerprint density at radius 3 is 3.00 bits per heavy atom. The van der Waals surface area contributed by atoms with E-state index in [-0.39, 0.29) is 5.97 Å². The predicted molar refractivity (Wildman–Crippen MR) is 58.9 cm³/mol. The van der Waals surface area contributed by atoms with Crippen LogP contribution in [0.25, 0.3) is 0 Å². The molecule has 0 N–H and O–H groups in total. The van der Waals surface area contributed by atoms with E-state index in [0.29, 0.717) is 6.42 Å². The molecule has 80 valence electrons. The molecule has 0 fully saturated rings. The number of ether oxygens (including phenoxy) is 2. The van der Waals surface area contributed by atoms with Gasteiger partial charge in [-0.3, -0.25) is 0 Å². The van der Waals surface area contributed by atoms with Crippen molar-refractivity contribution in [1.29, 1.82) is 0 Å². The maximum Gasteiger partial charge on any atom is 0.350 e. The number of hydrogen-bond acceptors (Lipinski definition) is 3. The van der Waals surface area contributed by atoms with E-state index in [4.69, 9.17) is 9.47 Å². The Morgan fingerprint density at radius 2 is 2.33 bits per heavy atom. The Morgan fingerprint density at radius 1 is 1.60 bits per heavy atom. The first kappa shape index (κ1) is 10.5. The van der Waals surface area contributed by atoms with Crippen molar-refractivity contribution in [3.63, 3.8) is 0 Å². The van der Waals surface area contributed by atoms with Crippen LogP contribution in [-0.4, -0.2) is 18.7 Å². The zero-order valence-electron chi connectivity index (χ0n) is 8.54. The molecule has 1 unspecified atom stereocenters. The van der Waals surface area contributed by atoms with Crippen molar-refractivity contribution < 1.29 is 14.3 Å². The van der Waals surface area contributed by atoms with Crippen LogP contribution in [0.5, 0.6) is 5.75 Å². The smallest absolute Gasteiger partial charge is 0.350 e. The Balaban J connectivity index is 2.32. The van der Waals surface area contributed by atoms with Gasteiger partial charge in [0.2, 0.25) is 5.60 Å². The summed E-state index contributed by atoms with van der Waals surface area (Å²) < 4.78 is 11.3. The van der Waals surface area contributed by atoms with E-state index >= 15 is 0 Å². The molecule has 15 heavy (non-hydrogen) atoms. The quantitative estimate of drug-likeness (QED) is 0.735. The number of carbonyl (C=O) groups excluding carboxylic acids is 1. The third-order valence-corrected chi connectivity index (χ3v) is 3.00. The fraction of sp³-hybridized carbons (Fsp3) is 0.364. The van der Waals surface area contributed by atoms with E-state index in [9.17, 15) is 4.79 Å². The van der Waals surface area contributed by atoms with Crippen molar-refractivity contribution in [2.24, 2.45) is 0 Å². The van der Waals surface area contributed by atoms with Gasteiger partial charge in [0, 0.05) is 10.9 Å². The van der Waals surface area contributed by atoms with Crippen LogP contribution in [-0.2, 0) is 16.0 Å². The second-order valence-electron chi connectivity index (χ2n) is 3.75. The van der Waals surface area contributed by atoms with Crippen LogP contribution in [0.15, 0.2) is 22.7 Å². The van der Waals surface area contributed by atoms with Gasteiger partial charge >= 0.3 is 5.97 Å². The first-order chi connectivity index (χ1) is 7.05. The van der Waals surface area contributed by atoms with Crippen LogP contribution >= 0.6 is 15.9 Å². The first-order valence-electron chi connectivity index (χ1n) is 4.61. The Hall–Kier alpha value is -1.03. The zero-order chi connectivity index (χ0) is 11.1. The molecular formula is C11H11BrO3. The molecule has 0 spiro atoms. The summed E-state index contributed by atoms with van der Waals surface area (Å²) in [5, 5.41) is 0. The summed E-state index contributed by atoms with van der Waals surface area (Å²) in [6.45, 7) is 1.74.